The maximum absolute atomic E-state index is 11.7. The highest BCUT2D eigenvalue weighted by Crippen LogP contribution is 2.67. The highest BCUT2D eigenvalue weighted by atomic mass is 32.2. The van der Waals surface area contributed by atoms with Gasteiger partial charge in [-0.05, 0) is 110 Å². The third-order valence-corrected chi connectivity index (χ3v) is 11.7. The number of hydrogen-bond donors (Lipinski definition) is 0. The molecule has 0 saturated heterocycles. The molecule has 0 aromatic rings. The Kier molecular flexibility index (Phi) is 7.54. The molecule has 3 nitrogen and oxygen atoms in total. The van der Waals surface area contributed by atoms with Gasteiger partial charge >= 0.3 is 0 Å². The highest BCUT2D eigenvalue weighted by molar-refractivity contribution is 7.86. The van der Waals surface area contributed by atoms with Crippen LogP contribution in [-0.2, 0) is 14.3 Å². The van der Waals surface area contributed by atoms with Crippen LogP contribution in [0.1, 0.15) is 99.3 Å². The lowest BCUT2D eigenvalue weighted by molar-refractivity contribution is -0.0523. The zero-order chi connectivity index (χ0) is 24.9. The van der Waals surface area contributed by atoms with Crippen molar-refractivity contribution in [2.75, 3.05) is 6.26 Å². The topological polar surface area (TPSA) is 43.4 Å². The van der Waals surface area contributed by atoms with Gasteiger partial charge in [0.1, 0.15) is 0 Å². The van der Waals surface area contributed by atoms with Crippen molar-refractivity contribution in [2.24, 2.45) is 52.3 Å². The van der Waals surface area contributed by atoms with E-state index in [9.17, 15) is 8.42 Å². The average molecular weight is 491 g/mol. The summed E-state index contributed by atoms with van der Waals surface area (Å²) in [5.41, 5.74) is 2.18. The van der Waals surface area contributed by atoms with Crippen LogP contribution in [0.15, 0.2) is 23.8 Å². The minimum absolute atomic E-state index is 0.166. The summed E-state index contributed by atoms with van der Waals surface area (Å²) in [7, 11) is -3.39. The number of fused-ring (bicyclic) bond motifs is 5. The van der Waals surface area contributed by atoms with Crippen LogP contribution in [0, 0.1) is 52.3 Å². The van der Waals surface area contributed by atoms with Crippen molar-refractivity contribution >= 4 is 10.1 Å². The molecule has 0 aliphatic heterocycles. The molecule has 0 bridgehead atoms. The van der Waals surface area contributed by atoms with Gasteiger partial charge in [-0.1, -0.05) is 65.3 Å². The van der Waals surface area contributed by atoms with E-state index in [0.717, 1.165) is 48.9 Å². The zero-order valence-electron chi connectivity index (χ0n) is 22.8. The minimum Gasteiger partial charge on any atom is -0.267 e. The molecule has 4 aliphatic carbocycles. The SMILES string of the molecule is CC[C@H](/C=C/[C@@H](C)[C@H]1CC[C@H]2[C@@H]3CC=C4C[C@@H](OS(C)(=O)=O)CC[C@]4(C)[C@H]3CC[C@]12C)C(C)C. The van der Waals surface area contributed by atoms with Crippen LogP contribution < -0.4 is 0 Å². The molecule has 0 aromatic carbocycles. The predicted molar refractivity (Wildman–Crippen MR) is 142 cm³/mol. The predicted octanol–water partition coefficient (Wildman–Crippen LogP) is 7.78. The van der Waals surface area contributed by atoms with Crippen LogP contribution in [0.4, 0.5) is 0 Å². The quantitative estimate of drug-likeness (QED) is 0.270. The molecular weight excluding hydrogens is 440 g/mol. The maximum atomic E-state index is 11.7. The molecule has 0 unspecified atom stereocenters. The summed E-state index contributed by atoms with van der Waals surface area (Å²) in [6.45, 7) is 14.6. The molecule has 0 aromatic heterocycles. The molecule has 0 spiro atoms. The van der Waals surface area contributed by atoms with Crippen molar-refractivity contribution in [1.29, 1.82) is 0 Å². The zero-order valence-corrected chi connectivity index (χ0v) is 23.7. The first-order valence-electron chi connectivity index (χ1n) is 14.1. The van der Waals surface area contributed by atoms with E-state index in [1.165, 1.54) is 50.4 Å². The van der Waals surface area contributed by atoms with Crippen LogP contribution in [0.5, 0.6) is 0 Å². The van der Waals surface area contributed by atoms with Gasteiger partial charge in [-0.2, -0.15) is 8.42 Å². The summed E-state index contributed by atoms with van der Waals surface area (Å²) in [6, 6.07) is 0. The Morgan fingerprint density at radius 2 is 1.79 bits per heavy atom. The standard InChI is InChI=1S/C30H50O3S/c1-8-22(20(2)3)10-9-21(4)26-13-14-27-25-12-11-23-19-24(33-34(7,31)32)15-17-29(23,5)28(25)16-18-30(26,27)6/h9-11,20-22,24-28H,8,12-19H2,1-7H3/b10-9+/t21-,22-,24+,25+,26-,27+,28+,29+,30-/m1/s1. The Hall–Kier alpha value is -0.610. The first-order valence-corrected chi connectivity index (χ1v) is 16.0. The smallest absolute Gasteiger partial charge is 0.264 e. The third-order valence-electron chi connectivity index (χ3n) is 11.1. The Labute approximate surface area is 210 Å². The summed E-state index contributed by atoms with van der Waals surface area (Å²) in [4.78, 5) is 0. The second-order valence-corrected chi connectivity index (χ2v) is 14.8. The van der Waals surface area contributed by atoms with Gasteiger partial charge in [-0.15, -0.1) is 0 Å². The van der Waals surface area contributed by atoms with E-state index in [0.29, 0.717) is 17.3 Å². The van der Waals surface area contributed by atoms with Crippen LogP contribution in [0.25, 0.3) is 0 Å². The van der Waals surface area contributed by atoms with Crippen molar-refractivity contribution in [3.05, 3.63) is 23.8 Å². The molecule has 0 N–H and O–H groups in total. The van der Waals surface area contributed by atoms with Gasteiger partial charge in [-0.3, -0.25) is 4.18 Å². The molecule has 4 aliphatic rings. The highest BCUT2D eigenvalue weighted by Gasteiger charge is 2.59. The fourth-order valence-corrected chi connectivity index (χ4v) is 9.80. The Bertz CT molecular complexity index is 902. The van der Waals surface area contributed by atoms with Crippen molar-refractivity contribution < 1.29 is 12.6 Å². The summed E-state index contributed by atoms with van der Waals surface area (Å²) >= 11 is 0. The van der Waals surface area contributed by atoms with Crippen LogP contribution in [0.3, 0.4) is 0 Å². The van der Waals surface area contributed by atoms with E-state index >= 15 is 0 Å². The largest absolute Gasteiger partial charge is 0.267 e. The molecule has 3 fully saturated rings. The minimum atomic E-state index is -3.39. The summed E-state index contributed by atoms with van der Waals surface area (Å²) < 4.78 is 28.8. The summed E-state index contributed by atoms with van der Waals surface area (Å²) in [5.74, 6) is 5.26. The average Bonchev–Trinajstić information content (AvgIpc) is 3.10. The van der Waals surface area contributed by atoms with E-state index in [4.69, 9.17) is 4.18 Å². The maximum Gasteiger partial charge on any atom is 0.264 e. The first-order chi connectivity index (χ1) is 15.9. The second kappa shape index (κ2) is 9.69. The molecular formula is C30H50O3S. The Balaban J connectivity index is 1.50. The summed E-state index contributed by atoms with van der Waals surface area (Å²) in [5, 5.41) is 0. The number of allylic oxidation sites excluding steroid dienone is 3. The number of hydrogen-bond acceptors (Lipinski definition) is 3. The molecule has 4 heteroatoms. The molecule has 0 amide bonds. The van der Waals surface area contributed by atoms with Crippen LogP contribution in [0.2, 0.25) is 0 Å². The second-order valence-electron chi connectivity index (χ2n) is 13.2. The van der Waals surface area contributed by atoms with E-state index in [2.05, 4.69) is 59.8 Å². The molecule has 34 heavy (non-hydrogen) atoms. The van der Waals surface area contributed by atoms with E-state index in [-0.39, 0.29) is 11.5 Å². The van der Waals surface area contributed by atoms with Gasteiger partial charge in [0.2, 0.25) is 0 Å². The lowest BCUT2D eigenvalue weighted by Crippen LogP contribution is -2.51. The van der Waals surface area contributed by atoms with Crippen LogP contribution >= 0.6 is 0 Å². The molecule has 3 saturated carbocycles. The van der Waals surface area contributed by atoms with Crippen molar-refractivity contribution in [2.45, 2.75) is 105 Å². The molecule has 0 heterocycles. The lowest BCUT2D eigenvalue weighted by Gasteiger charge is -2.58. The van der Waals surface area contributed by atoms with E-state index in [1.807, 2.05) is 0 Å². The third kappa shape index (κ3) is 4.84. The monoisotopic (exact) mass is 490 g/mol. The van der Waals surface area contributed by atoms with E-state index in [1.54, 1.807) is 0 Å². The van der Waals surface area contributed by atoms with E-state index < -0.39 is 10.1 Å². The van der Waals surface area contributed by atoms with Crippen LogP contribution in [-0.4, -0.2) is 20.8 Å². The molecule has 9 atom stereocenters. The fourth-order valence-electron chi connectivity index (χ4n) is 9.14. The number of rotatable bonds is 7. The van der Waals surface area contributed by atoms with Gasteiger partial charge in [-0.25, -0.2) is 0 Å². The van der Waals surface area contributed by atoms with Crippen molar-refractivity contribution in [3.63, 3.8) is 0 Å². The Morgan fingerprint density at radius 1 is 1.06 bits per heavy atom. The summed E-state index contributed by atoms with van der Waals surface area (Å²) in [6.07, 6.45) is 19.2. The van der Waals surface area contributed by atoms with Crippen molar-refractivity contribution in [1.82, 2.24) is 0 Å². The van der Waals surface area contributed by atoms with Crippen molar-refractivity contribution in [3.8, 4) is 0 Å². The van der Waals surface area contributed by atoms with Gasteiger partial charge in [0.05, 0.1) is 12.4 Å². The van der Waals surface area contributed by atoms with Gasteiger partial charge < -0.3 is 0 Å². The van der Waals surface area contributed by atoms with Gasteiger partial charge in [0.25, 0.3) is 10.1 Å². The Morgan fingerprint density at radius 3 is 2.44 bits per heavy atom. The normalized spacial score (nSPS) is 42.1. The van der Waals surface area contributed by atoms with Gasteiger partial charge in [0, 0.05) is 0 Å². The lowest BCUT2D eigenvalue weighted by atomic mass is 9.47. The fraction of sp³-hybridized carbons (Fsp3) is 0.867. The molecule has 0 radical (unpaired) electrons. The molecule has 194 valence electrons. The van der Waals surface area contributed by atoms with Gasteiger partial charge in [0.15, 0.2) is 0 Å². The first kappa shape index (κ1) is 26.5. The molecule has 4 rings (SSSR count).